The molecule has 1 aromatic carbocycles. The molecule has 7 nitrogen and oxygen atoms in total. The van der Waals surface area contributed by atoms with Gasteiger partial charge in [-0.3, -0.25) is 14.8 Å². The number of aromatic nitrogens is 1. The Morgan fingerprint density at radius 1 is 1.21 bits per heavy atom. The van der Waals surface area contributed by atoms with Gasteiger partial charge in [-0.15, -0.1) is 0 Å². The average Bonchev–Trinajstić information content (AvgIpc) is 2.74. The van der Waals surface area contributed by atoms with Crippen molar-refractivity contribution < 1.29 is 9.53 Å². The fraction of sp³-hybridized carbons (Fsp3) is 0.409. The number of likely N-dealkylation sites (N-methyl/N-ethyl adjacent to an activating group) is 1. The molecule has 2 N–H and O–H groups in total. The van der Waals surface area contributed by atoms with Crippen LogP contribution in [0, 0.1) is 6.92 Å². The summed E-state index contributed by atoms with van der Waals surface area (Å²) in [5.41, 5.74) is 2.07. The van der Waals surface area contributed by atoms with Crippen LogP contribution >= 0.6 is 0 Å². The molecule has 0 fully saturated rings. The topological polar surface area (TPSA) is 78.9 Å². The summed E-state index contributed by atoms with van der Waals surface area (Å²) in [6.07, 6.45) is 2.44. The lowest BCUT2D eigenvalue weighted by Crippen LogP contribution is -2.46. The van der Waals surface area contributed by atoms with Crippen LogP contribution in [0.5, 0.6) is 5.75 Å². The van der Waals surface area contributed by atoms with Gasteiger partial charge in [-0.2, -0.15) is 0 Å². The van der Waals surface area contributed by atoms with Crippen molar-refractivity contribution in [3.63, 3.8) is 0 Å². The lowest BCUT2D eigenvalue weighted by Gasteiger charge is -2.20. The van der Waals surface area contributed by atoms with Gasteiger partial charge in [0, 0.05) is 39.0 Å². The summed E-state index contributed by atoms with van der Waals surface area (Å²) in [4.78, 5) is 22.5. The smallest absolute Gasteiger partial charge is 0.241 e. The zero-order valence-electron chi connectivity index (χ0n) is 17.7. The van der Waals surface area contributed by atoms with E-state index < -0.39 is 0 Å². The Kier molecular flexibility index (Phi) is 8.95. The van der Waals surface area contributed by atoms with Gasteiger partial charge in [0.2, 0.25) is 5.91 Å². The van der Waals surface area contributed by atoms with Crippen LogP contribution in [-0.2, 0) is 11.2 Å². The Bertz CT molecular complexity index is 795. The fourth-order valence-electron chi connectivity index (χ4n) is 2.66. The van der Waals surface area contributed by atoms with E-state index in [1.165, 1.54) is 0 Å². The number of hydrogen-bond acceptors (Lipinski definition) is 4. The van der Waals surface area contributed by atoms with Gasteiger partial charge in [-0.1, -0.05) is 24.3 Å². The molecule has 1 atom stereocenters. The van der Waals surface area contributed by atoms with Gasteiger partial charge in [0.05, 0.1) is 13.1 Å². The largest absolute Gasteiger partial charge is 0.489 e. The molecule has 2 aromatic rings. The highest BCUT2D eigenvalue weighted by atomic mass is 16.5. The number of nitrogens with one attached hydrogen (secondary N) is 2. The predicted molar refractivity (Wildman–Crippen MR) is 116 cm³/mol. The van der Waals surface area contributed by atoms with Gasteiger partial charge in [0.25, 0.3) is 0 Å². The second kappa shape index (κ2) is 11.7. The highest BCUT2D eigenvalue weighted by Crippen LogP contribution is 2.17. The lowest BCUT2D eigenvalue weighted by atomic mass is 10.2. The third-order valence-electron chi connectivity index (χ3n) is 4.46. The standard InChI is InChI=1S/C22H31N5O2/c1-17-9-5-6-11-20(17)29-18(2)15-25-22(23-3)26-16-21(28)27(4)14-12-19-10-7-8-13-24-19/h5-11,13,18H,12,14-16H2,1-4H3,(H2,23,25,26). The SMILES string of the molecule is CN=C(NCC(=O)N(C)CCc1ccccn1)NCC(C)Oc1ccccc1C. The monoisotopic (exact) mass is 397 g/mol. The zero-order valence-corrected chi connectivity index (χ0v) is 17.7. The van der Waals surface area contributed by atoms with E-state index in [4.69, 9.17) is 4.74 Å². The molecule has 0 saturated carbocycles. The van der Waals surface area contributed by atoms with Gasteiger partial charge in [-0.25, -0.2) is 0 Å². The summed E-state index contributed by atoms with van der Waals surface area (Å²) in [5.74, 6) is 1.43. The molecule has 0 spiro atoms. The van der Waals surface area contributed by atoms with Crippen molar-refractivity contribution in [1.29, 1.82) is 0 Å². The van der Waals surface area contributed by atoms with Gasteiger partial charge < -0.3 is 20.3 Å². The molecule has 0 radical (unpaired) electrons. The van der Waals surface area contributed by atoms with Crippen LogP contribution in [0.25, 0.3) is 0 Å². The summed E-state index contributed by atoms with van der Waals surface area (Å²) >= 11 is 0. The number of hydrogen-bond donors (Lipinski definition) is 2. The first-order valence-corrected chi connectivity index (χ1v) is 9.80. The van der Waals surface area contributed by atoms with Crippen LogP contribution in [-0.4, -0.2) is 61.6 Å². The van der Waals surface area contributed by atoms with Crippen molar-refractivity contribution in [2.24, 2.45) is 4.99 Å². The van der Waals surface area contributed by atoms with Crippen LogP contribution in [0.2, 0.25) is 0 Å². The number of aryl methyl sites for hydroxylation is 1. The first-order chi connectivity index (χ1) is 14.0. The first kappa shape index (κ1) is 22.2. The van der Waals surface area contributed by atoms with Crippen molar-refractivity contribution in [3.05, 3.63) is 59.9 Å². The Morgan fingerprint density at radius 3 is 2.66 bits per heavy atom. The van der Waals surface area contributed by atoms with Crippen molar-refractivity contribution in [3.8, 4) is 5.75 Å². The summed E-state index contributed by atoms with van der Waals surface area (Å²) in [6, 6.07) is 13.7. The maximum Gasteiger partial charge on any atom is 0.241 e. The molecule has 1 amide bonds. The van der Waals surface area contributed by atoms with E-state index in [1.54, 1.807) is 25.2 Å². The van der Waals surface area contributed by atoms with E-state index in [9.17, 15) is 4.79 Å². The molecule has 1 heterocycles. The van der Waals surface area contributed by atoms with E-state index in [1.807, 2.05) is 56.3 Å². The maximum atomic E-state index is 12.3. The molecule has 1 unspecified atom stereocenters. The fourth-order valence-corrected chi connectivity index (χ4v) is 2.66. The number of benzene rings is 1. The van der Waals surface area contributed by atoms with Crippen LogP contribution < -0.4 is 15.4 Å². The van der Waals surface area contributed by atoms with Crippen LogP contribution in [0.1, 0.15) is 18.2 Å². The quantitative estimate of drug-likeness (QED) is 0.500. The number of guanidine groups is 1. The number of carbonyl (C=O) groups is 1. The average molecular weight is 398 g/mol. The molecule has 0 aliphatic heterocycles. The first-order valence-electron chi connectivity index (χ1n) is 9.80. The number of pyridine rings is 1. The molecule has 0 aliphatic carbocycles. The molecule has 1 aromatic heterocycles. The van der Waals surface area contributed by atoms with E-state index in [2.05, 4.69) is 20.6 Å². The minimum Gasteiger partial charge on any atom is -0.489 e. The van der Waals surface area contributed by atoms with E-state index in [-0.39, 0.29) is 18.6 Å². The minimum absolute atomic E-state index is 0.00640. The van der Waals surface area contributed by atoms with Crippen molar-refractivity contribution >= 4 is 11.9 Å². The highest BCUT2D eigenvalue weighted by Gasteiger charge is 2.11. The summed E-state index contributed by atoms with van der Waals surface area (Å²) in [6.45, 7) is 5.36. The normalized spacial score (nSPS) is 12.2. The van der Waals surface area contributed by atoms with Crippen molar-refractivity contribution in [2.75, 3.05) is 33.7 Å². The van der Waals surface area contributed by atoms with Gasteiger partial charge >= 0.3 is 0 Å². The molecule has 29 heavy (non-hydrogen) atoms. The van der Waals surface area contributed by atoms with Crippen LogP contribution in [0.4, 0.5) is 0 Å². The van der Waals surface area contributed by atoms with Crippen LogP contribution in [0.15, 0.2) is 53.7 Å². The second-order valence-electron chi connectivity index (χ2n) is 6.89. The maximum absolute atomic E-state index is 12.3. The predicted octanol–water partition coefficient (Wildman–Crippen LogP) is 2.02. The summed E-state index contributed by atoms with van der Waals surface area (Å²) in [5, 5.41) is 6.25. The molecular weight excluding hydrogens is 366 g/mol. The van der Waals surface area contributed by atoms with E-state index in [0.717, 1.165) is 23.4 Å². The minimum atomic E-state index is -0.0496. The number of ether oxygens (including phenoxy) is 1. The molecular formula is C22H31N5O2. The Labute approximate surface area is 173 Å². The number of para-hydroxylation sites is 1. The number of amides is 1. The number of nitrogens with zero attached hydrogens (tertiary/aromatic N) is 3. The third-order valence-corrected chi connectivity index (χ3v) is 4.46. The Hall–Kier alpha value is -3.09. The van der Waals surface area contributed by atoms with Crippen molar-refractivity contribution in [2.45, 2.75) is 26.4 Å². The third kappa shape index (κ3) is 7.81. The Morgan fingerprint density at radius 2 is 1.97 bits per heavy atom. The molecule has 7 heteroatoms. The molecule has 0 aliphatic rings. The second-order valence-corrected chi connectivity index (χ2v) is 6.89. The van der Waals surface area contributed by atoms with Gasteiger partial charge in [-0.05, 0) is 37.6 Å². The molecule has 0 bridgehead atoms. The van der Waals surface area contributed by atoms with Crippen LogP contribution in [0.3, 0.4) is 0 Å². The number of carbonyl (C=O) groups excluding carboxylic acids is 1. The summed E-state index contributed by atoms with van der Waals surface area (Å²) in [7, 11) is 3.47. The molecule has 2 rings (SSSR count). The number of aliphatic imine (C=N–C) groups is 1. The van der Waals surface area contributed by atoms with Gasteiger partial charge in [0.15, 0.2) is 5.96 Å². The summed E-state index contributed by atoms with van der Waals surface area (Å²) < 4.78 is 5.95. The van der Waals surface area contributed by atoms with Crippen molar-refractivity contribution in [1.82, 2.24) is 20.5 Å². The zero-order chi connectivity index (χ0) is 21.1. The molecule has 0 saturated heterocycles. The molecule has 156 valence electrons. The van der Waals surface area contributed by atoms with E-state index >= 15 is 0 Å². The highest BCUT2D eigenvalue weighted by molar-refractivity contribution is 5.86. The van der Waals surface area contributed by atoms with E-state index in [0.29, 0.717) is 19.0 Å². The Balaban J connectivity index is 1.70. The van der Waals surface area contributed by atoms with Gasteiger partial charge in [0.1, 0.15) is 11.9 Å². The number of rotatable bonds is 9. The lowest BCUT2D eigenvalue weighted by molar-refractivity contribution is -0.128.